The van der Waals surface area contributed by atoms with E-state index in [0.717, 1.165) is 5.56 Å². The van der Waals surface area contributed by atoms with Crippen molar-refractivity contribution in [2.75, 3.05) is 20.8 Å². The third-order valence-electron chi connectivity index (χ3n) is 4.89. The van der Waals surface area contributed by atoms with Crippen LogP contribution in [0.15, 0.2) is 36.4 Å². The fourth-order valence-corrected chi connectivity index (χ4v) is 3.35. The first-order valence-electron chi connectivity index (χ1n) is 8.52. The van der Waals surface area contributed by atoms with Crippen LogP contribution in [0.4, 0.5) is 0 Å². The van der Waals surface area contributed by atoms with Crippen molar-refractivity contribution in [3.63, 3.8) is 0 Å². The molecule has 1 heterocycles. The predicted molar refractivity (Wildman–Crippen MR) is 95.9 cm³/mol. The lowest BCUT2D eigenvalue weighted by atomic mass is 9.83. The highest BCUT2D eigenvalue weighted by molar-refractivity contribution is 5.75. The number of aliphatic hydroxyl groups is 1. The lowest BCUT2D eigenvalue weighted by Crippen LogP contribution is -2.24. The molecule has 1 aliphatic rings. The number of esters is 1. The van der Waals surface area contributed by atoms with Crippen molar-refractivity contribution in [3.05, 3.63) is 47.5 Å². The number of carbonyl (C=O) groups excluding carboxylic acids is 1. The van der Waals surface area contributed by atoms with Crippen molar-refractivity contribution < 1.29 is 34.3 Å². The molecule has 7 nitrogen and oxygen atoms in total. The summed E-state index contributed by atoms with van der Waals surface area (Å²) in [4.78, 5) is 12.2. The van der Waals surface area contributed by atoms with Gasteiger partial charge in [0.25, 0.3) is 0 Å². The largest absolute Gasteiger partial charge is 0.504 e. The van der Waals surface area contributed by atoms with Crippen LogP contribution >= 0.6 is 0 Å². The molecule has 3 rings (SSSR count). The van der Waals surface area contributed by atoms with Gasteiger partial charge in [-0.2, -0.15) is 0 Å². The number of aromatic hydroxyl groups is 2. The number of phenols is 2. The molecular weight excluding hydrogens is 352 g/mol. The van der Waals surface area contributed by atoms with Crippen molar-refractivity contribution in [3.8, 4) is 23.0 Å². The molecule has 144 valence electrons. The van der Waals surface area contributed by atoms with Crippen LogP contribution in [0.3, 0.4) is 0 Å². The molecule has 1 aliphatic heterocycles. The molecule has 27 heavy (non-hydrogen) atoms. The summed E-state index contributed by atoms with van der Waals surface area (Å²) in [5.74, 6) is -0.823. The Labute approximate surface area is 156 Å². The van der Waals surface area contributed by atoms with Crippen LogP contribution < -0.4 is 9.47 Å². The first-order chi connectivity index (χ1) is 12.9. The van der Waals surface area contributed by atoms with Crippen molar-refractivity contribution in [1.29, 1.82) is 0 Å². The summed E-state index contributed by atoms with van der Waals surface area (Å²) in [5.41, 5.74) is 1.32. The van der Waals surface area contributed by atoms with Crippen LogP contribution in [0.1, 0.15) is 17.2 Å². The van der Waals surface area contributed by atoms with Gasteiger partial charge >= 0.3 is 5.97 Å². The third kappa shape index (κ3) is 3.78. The molecule has 0 bridgehead atoms. The lowest BCUT2D eigenvalue weighted by Gasteiger charge is -2.22. The van der Waals surface area contributed by atoms with Gasteiger partial charge in [0.1, 0.15) is 0 Å². The number of hydrogen-bond acceptors (Lipinski definition) is 7. The lowest BCUT2D eigenvalue weighted by molar-refractivity contribution is -0.141. The maximum absolute atomic E-state index is 12.2. The standard InChI is InChI=1S/C20H22O7/c1-25-17-8-11(3-5-15(17)21)7-13-14(10-27-20(13)24)19(23)12-4-6-16(22)18(9-12)26-2/h3-6,8-9,13-14,19,21-23H,7,10H2,1-2H3/t13?,14?,19-/m1/s1. The minimum Gasteiger partial charge on any atom is -0.504 e. The predicted octanol–water partition coefficient (Wildman–Crippen LogP) is 2.18. The van der Waals surface area contributed by atoms with Crippen LogP contribution in [0.2, 0.25) is 0 Å². The number of carbonyl (C=O) groups is 1. The summed E-state index contributed by atoms with van der Waals surface area (Å²) >= 11 is 0. The normalized spacial score (nSPS) is 20.2. The molecule has 1 saturated heterocycles. The number of ether oxygens (including phenoxy) is 3. The van der Waals surface area contributed by atoms with Crippen LogP contribution in [0, 0.1) is 11.8 Å². The summed E-state index contributed by atoms with van der Waals surface area (Å²) < 4.78 is 15.4. The zero-order chi connectivity index (χ0) is 19.6. The fraction of sp³-hybridized carbons (Fsp3) is 0.350. The molecule has 7 heteroatoms. The van der Waals surface area contributed by atoms with Gasteiger partial charge in [-0.25, -0.2) is 0 Å². The molecule has 3 atom stereocenters. The number of aliphatic hydroxyl groups excluding tert-OH is 1. The minimum atomic E-state index is -0.963. The Morgan fingerprint density at radius 1 is 1.07 bits per heavy atom. The van der Waals surface area contributed by atoms with E-state index in [1.165, 1.54) is 26.4 Å². The maximum atomic E-state index is 12.2. The van der Waals surface area contributed by atoms with Crippen molar-refractivity contribution in [2.24, 2.45) is 11.8 Å². The third-order valence-corrected chi connectivity index (χ3v) is 4.89. The van der Waals surface area contributed by atoms with E-state index < -0.39 is 17.9 Å². The van der Waals surface area contributed by atoms with E-state index in [9.17, 15) is 20.1 Å². The van der Waals surface area contributed by atoms with Gasteiger partial charge in [0, 0.05) is 5.92 Å². The molecule has 2 unspecified atom stereocenters. The summed E-state index contributed by atoms with van der Waals surface area (Å²) in [6.45, 7) is 0.100. The van der Waals surface area contributed by atoms with Crippen LogP contribution in [-0.4, -0.2) is 42.1 Å². The summed E-state index contributed by atoms with van der Waals surface area (Å²) in [7, 11) is 2.88. The number of phenolic OH excluding ortho intramolecular Hbond substituents is 2. The Bertz CT molecular complexity index is 833. The van der Waals surface area contributed by atoms with E-state index in [2.05, 4.69) is 0 Å². The second kappa shape index (κ2) is 7.75. The first kappa shape index (κ1) is 18.8. The zero-order valence-corrected chi connectivity index (χ0v) is 15.1. The molecule has 0 aromatic heterocycles. The maximum Gasteiger partial charge on any atom is 0.309 e. The van der Waals surface area contributed by atoms with Gasteiger partial charge < -0.3 is 29.5 Å². The molecule has 0 spiro atoms. The Balaban J connectivity index is 1.83. The van der Waals surface area contributed by atoms with Gasteiger partial charge in [0.05, 0.1) is 32.8 Å². The number of rotatable bonds is 6. The Morgan fingerprint density at radius 3 is 2.37 bits per heavy atom. The summed E-state index contributed by atoms with van der Waals surface area (Å²) in [6, 6.07) is 9.44. The van der Waals surface area contributed by atoms with Gasteiger partial charge in [-0.3, -0.25) is 4.79 Å². The van der Waals surface area contributed by atoms with E-state index in [-0.39, 0.29) is 29.8 Å². The Morgan fingerprint density at radius 2 is 1.70 bits per heavy atom. The molecular formula is C20H22O7. The molecule has 0 amide bonds. The average molecular weight is 374 g/mol. The second-order valence-corrected chi connectivity index (χ2v) is 6.49. The van der Waals surface area contributed by atoms with Gasteiger partial charge in [0.2, 0.25) is 0 Å². The number of methoxy groups -OCH3 is 2. The highest BCUT2D eigenvalue weighted by Crippen LogP contribution is 2.39. The van der Waals surface area contributed by atoms with Crippen LogP contribution in [-0.2, 0) is 16.0 Å². The van der Waals surface area contributed by atoms with Crippen LogP contribution in [0.25, 0.3) is 0 Å². The molecule has 0 saturated carbocycles. The number of hydrogen-bond donors (Lipinski definition) is 3. The molecule has 3 N–H and O–H groups in total. The van der Waals surface area contributed by atoms with Gasteiger partial charge in [0.15, 0.2) is 23.0 Å². The topological polar surface area (TPSA) is 105 Å². The van der Waals surface area contributed by atoms with E-state index in [1.807, 2.05) is 0 Å². The number of benzene rings is 2. The average Bonchev–Trinajstić information content (AvgIpc) is 3.03. The highest BCUT2D eigenvalue weighted by atomic mass is 16.5. The summed E-state index contributed by atoms with van der Waals surface area (Å²) in [5, 5.41) is 30.3. The smallest absolute Gasteiger partial charge is 0.309 e. The second-order valence-electron chi connectivity index (χ2n) is 6.49. The number of cyclic esters (lactones) is 1. The van der Waals surface area contributed by atoms with Crippen molar-refractivity contribution >= 4 is 5.97 Å². The summed E-state index contributed by atoms with van der Waals surface area (Å²) in [6.07, 6.45) is -0.623. The van der Waals surface area contributed by atoms with E-state index in [1.54, 1.807) is 24.3 Å². The molecule has 2 aromatic rings. The Hall–Kier alpha value is -2.93. The quantitative estimate of drug-likeness (QED) is 0.666. The van der Waals surface area contributed by atoms with Crippen molar-refractivity contribution in [2.45, 2.75) is 12.5 Å². The van der Waals surface area contributed by atoms with E-state index in [4.69, 9.17) is 14.2 Å². The highest BCUT2D eigenvalue weighted by Gasteiger charge is 2.41. The molecule has 0 aliphatic carbocycles. The van der Waals surface area contributed by atoms with Crippen LogP contribution in [0.5, 0.6) is 23.0 Å². The zero-order valence-electron chi connectivity index (χ0n) is 15.1. The fourth-order valence-electron chi connectivity index (χ4n) is 3.35. The van der Waals surface area contributed by atoms with Gasteiger partial charge in [-0.1, -0.05) is 12.1 Å². The minimum absolute atomic E-state index is 0.0167. The Kier molecular flexibility index (Phi) is 5.41. The molecule has 1 fully saturated rings. The first-order valence-corrected chi connectivity index (χ1v) is 8.52. The van der Waals surface area contributed by atoms with Gasteiger partial charge in [-0.05, 0) is 41.8 Å². The molecule has 0 radical (unpaired) electrons. The van der Waals surface area contributed by atoms with E-state index in [0.29, 0.717) is 17.7 Å². The van der Waals surface area contributed by atoms with E-state index >= 15 is 0 Å². The SMILES string of the molecule is COc1cc(CC2C(=O)OCC2[C@H](O)c2ccc(O)c(OC)c2)ccc1O. The van der Waals surface area contributed by atoms with Crippen molar-refractivity contribution in [1.82, 2.24) is 0 Å². The van der Waals surface area contributed by atoms with Gasteiger partial charge in [-0.15, -0.1) is 0 Å². The monoisotopic (exact) mass is 374 g/mol. The molecule has 2 aromatic carbocycles.